The molecule has 0 aliphatic rings. The summed E-state index contributed by atoms with van der Waals surface area (Å²) in [4.78, 5) is 23.4. The van der Waals surface area contributed by atoms with Gasteiger partial charge in [-0.3, -0.25) is 9.78 Å². The molecule has 0 aliphatic carbocycles. The van der Waals surface area contributed by atoms with Gasteiger partial charge in [-0.15, -0.1) is 0 Å². The maximum absolute atomic E-state index is 10.6. The Labute approximate surface area is 67.6 Å². The second-order valence-electron chi connectivity index (χ2n) is 2.36. The molecule has 3 N–H and O–H groups in total. The minimum absolute atomic E-state index is 0.176. The normalized spacial score (nSPS) is 12.8. The number of aromatic nitrogens is 3. The third kappa shape index (κ3) is 1.52. The van der Waals surface area contributed by atoms with E-state index in [-0.39, 0.29) is 5.82 Å². The summed E-state index contributed by atoms with van der Waals surface area (Å²) in [6.45, 7) is 1.71. The minimum Gasteiger partial charge on any atom is -0.481 e. The van der Waals surface area contributed by atoms with Crippen molar-refractivity contribution in [3.8, 4) is 0 Å². The predicted octanol–water partition coefficient (Wildman–Crippen LogP) is -0.324. The number of nitrogens with zero attached hydrogens (tertiary/aromatic N) is 1. The molecule has 6 nitrogen and oxygen atoms in total. The molecule has 0 fully saturated rings. The van der Waals surface area contributed by atoms with Crippen molar-refractivity contribution < 1.29 is 9.90 Å². The molecule has 6 heteroatoms. The molecule has 1 heterocycles. The molecule has 12 heavy (non-hydrogen) atoms. The van der Waals surface area contributed by atoms with Crippen molar-refractivity contribution in [3.05, 3.63) is 16.3 Å². The second kappa shape index (κ2) is 3.21. The van der Waals surface area contributed by atoms with Crippen molar-refractivity contribution in [2.24, 2.45) is 0 Å². The fraction of sp³-hybridized carbons (Fsp3) is 0.500. The van der Waals surface area contributed by atoms with Crippen LogP contribution in [0.1, 0.15) is 25.1 Å². The van der Waals surface area contributed by atoms with Crippen LogP contribution in [0.25, 0.3) is 0 Å². The number of H-pyrrole nitrogens is 2. The Kier molecular flexibility index (Phi) is 2.27. The number of hydrogen-bond donors (Lipinski definition) is 3. The standard InChI is InChI=1S/C6H9N3O3/c1-2-3(5(10)11)4-7-6(12)9-8-4/h3H,2H2,1H3,(H,10,11)(H2,7,8,9,12). The molecule has 1 unspecified atom stereocenters. The zero-order chi connectivity index (χ0) is 9.14. The fourth-order valence-electron chi connectivity index (χ4n) is 0.933. The summed E-state index contributed by atoms with van der Waals surface area (Å²) < 4.78 is 0. The number of aliphatic carboxylic acids is 1. The molecular weight excluding hydrogens is 162 g/mol. The quantitative estimate of drug-likeness (QED) is 0.580. The first-order chi connectivity index (χ1) is 5.65. The largest absolute Gasteiger partial charge is 0.481 e. The molecule has 0 spiro atoms. The first-order valence-electron chi connectivity index (χ1n) is 3.52. The van der Waals surface area contributed by atoms with E-state index in [1.165, 1.54) is 0 Å². The first-order valence-corrected chi connectivity index (χ1v) is 3.52. The number of aromatic amines is 2. The van der Waals surface area contributed by atoms with Crippen LogP contribution in [0.4, 0.5) is 0 Å². The summed E-state index contributed by atoms with van der Waals surface area (Å²) in [6.07, 6.45) is 0.399. The van der Waals surface area contributed by atoms with E-state index in [1.807, 2.05) is 0 Å². The third-order valence-electron chi connectivity index (χ3n) is 1.56. The van der Waals surface area contributed by atoms with Crippen molar-refractivity contribution in [1.29, 1.82) is 0 Å². The lowest BCUT2D eigenvalue weighted by atomic mass is 10.1. The van der Waals surface area contributed by atoms with Crippen LogP contribution in [0.15, 0.2) is 4.79 Å². The Morgan fingerprint density at radius 3 is 2.75 bits per heavy atom. The molecule has 0 saturated heterocycles. The van der Waals surface area contributed by atoms with Crippen LogP contribution in [0.3, 0.4) is 0 Å². The van der Waals surface area contributed by atoms with Gasteiger partial charge in [0.05, 0.1) is 0 Å². The lowest BCUT2D eigenvalue weighted by Gasteiger charge is -2.03. The van der Waals surface area contributed by atoms with E-state index < -0.39 is 17.6 Å². The van der Waals surface area contributed by atoms with Gasteiger partial charge >= 0.3 is 11.7 Å². The average Bonchev–Trinajstić information content (AvgIpc) is 2.37. The molecule has 1 aromatic heterocycles. The fourth-order valence-corrected chi connectivity index (χ4v) is 0.933. The van der Waals surface area contributed by atoms with Gasteiger partial charge in [-0.2, -0.15) is 5.10 Å². The summed E-state index contributed by atoms with van der Waals surface area (Å²) in [5.41, 5.74) is -0.482. The van der Waals surface area contributed by atoms with Gasteiger partial charge in [-0.1, -0.05) is 6.92 Å². The summed E-state index contributed by atoms with van der Waals surface area (Å²) in [6, 6.07) is 0. The van der Waals surface area contributed by atoms with Gasteiger partial charge in [0.2, 0.25) is 0 Å². The summed E-state index contributed by atoms with van der Waals surface area (Å²) in [7, 11) is 0. The summed E-state index contributed by atoms with van der Waals surface area (Å²) >= 11 is 0. The van der Waals surface area contributed by atoms with E-state index in [1.54, 1.807) is 6.92 Å². The highest BCUT2D eigenvalue weighted by atomic mass is 16.4. The number of hydrogen-bond acceptors (Lipinski definition) is 3. The number of carboxylic acid groups (broad SMARTS) is 1. The Balaban J connectivity index is 2.94. The number of carbonyl (C=O) groups is 1. The van der Waals surface area contributed by atoms with Crippen molar-refractivity contribution in [3.63, 3.8) is 0 Å². The average molecular weight is 171 g/mol. The van der Waals surface area contributed by atoms with E-state index in [0.29, 0.717) is 6.42 Å². The van der Waals surface area contributed by atoms with Gasteiger partial charge < -0.3 is 5.11 Å². The monoisotopic (exact) mass is 171 g/mol. The Morgan fingerprint density at radius 2 is 2.42 bits per heavy atom. The van der Waals surface area contributed by atoms with E-state index in [9.17, 15) is 9.59 Å². The zero-order valence-corrected chi connectivity index (χ0v) is 6.50. The molecule has 0 aliphatic heterocycles. The molecule has 66 valence electrons. The number of carboxylic acids is 1. The van der Waals surface area contributed by atoms with Gasteiger partial charge in [0.25, 0.3) is 0 Å². The van der Waals surface area contributed by atoms with Crippen LogP contribution in [0.2, 0.25) is 0 Å². The molecule has 0 aromatic carbocycles. The molecule has 1 rings (SSSR count). The van der Waals surface area contributed by atoms with Crippen LogP contribution in [-0.4, -0.2) is 26.3 Å². The topological polar surface area (TPSA) is 98.8 Å². The van der Waals surface area contributed by atoms with Crippen molar-refractivity contribution >= 4 is 5.97 Å². The van der Waals surface area contributed by atoms with Crippen LogP contribution in [0.5, 0.6) is 0 Å². The zero-order valence-electron chi connectivity index (χ0n) is 6.50. The van der Waals surface area contributed by atoms with E-state index in [0.717, 1.165) is 0 Å². The van der Waals surface area contributed by atoms with E-state index >= 15 is 0 Å². The summed E-state index contributed by atoms with van der Waals surface area (Å²) in [5.74, 6) is -1.54. The van der Waals surface area contributed by atoms with Gasteiger partial charge in [0.15, 0.2) is 0 Å². The van der Waals surface area contributed by atoms with Crippen molar-refractivity contribution in [1.82, 2.24) is 15.2 Å². The SMILES string of the molecule is CCC(C(=O)O)c1n[nH]c(=O)[nH]1. The minimum atomic E-state index is -0.986. The van der Waals surface area contributed by atoms with Crippen LogP contribution < -0.4 is 5.69 Å². The van der Waals surface area contributed by atoms with E-state index in [2.05, 4.69) is 15.2 Å². The number of nitrogens with one attached hydrogen (secondary N) is 2. The Bertz CT molecular complexity index is 327. The first kappa shape index (κ1) is 8.51. The van der Waals surface area contributed by atoms with Gasteiger partial charge in [0, 0.05) is 0 Å². The second-order valence-corrected chi connectivity index (χ2v) is 2.36. The maximum atomic E-state index is 10.6. The van der Waals surface area contributed by atoms with Crippen LogP contribution in [-0.2, 0) is 4.79 Å². The highest BCUT2D eigenvalue weighted by Crippen LogP contribution is 2.12. The van der Waals surface area contributed by atoms with Crippen molar-refractivity contribution in [2.45, 2.75) is 19.3 Å². The molecular formula is C6H9N3O3. The predicted molar refractivity (Wildman–Crippen MR) is 39.9 cm³/mol. The smallest absolute Gasteiger partial charge is 0.340 e. The van der Waals surface area contributed by atoms with E-state index in [4.69, 9.17) is 5.11 Å². The Morgan fingerprint density at radius 1 is 1.75 bits per heavy atom. The summed E-state index contributed by atoms with van der Waals surface area (Å²) in [5, 5.41) is 14.3. The maximum Gasteiger partial charge on any atom is 0.340 e. The van der Waals surface area contributed by atoms with Crippen molar-refractivity contribution in [2.75, 3.05) is 0 Å². The molecule has 1 aromatic rings. The van der Waals surface area contributed by atoms with Crippen LogP contribution in [0, 0.1) is 0 Å². The molecule has 0 bridgehead atoms. The molecule has 1 atom stereocenters. The Hall–Kier alpha value is -1.59. The number of rotatable bonds is 3. The highest BCUT2D eigenvalue weighted by Gasteiger charge is 2.20. The molecule has 0 saturated carbocycles. The molecule has 0 amide bonds. The lowest BCUT2D eigenvalue weighted by molar-refractivity contribution is -0.139. The van der Waals surface area contributed by atoms with Gasteiger partial charge in [-0.25, -0.2) is 9.89 Å². The lowest BCUT2D eigenvalue weighted by Crippen LogP contribution is -2.13. The van der Waals surface area contributed by atoms with Crippen LogP contribution >= 0.6 is 0 Å². The third-order valence-corrected chi connectivity index (χ3v) is 1.56. The van der Waals surface area contributed by atoms with Gasteiger partial charge in [-0.05, 0) is 6.42 Å². The van der Waals surface area contributed by atoms with Gasteiger partial charge in [0.1, 0.15) is 11.7 Å². The molecule has 0 radical (unpaired) electrons. The highest BCUT2D eigenvalue weighted by molar-refractivity contribution is 5.74.